The van der Waals surface area contributed by atoms with Crippen molar-refractivity contribution in [3.8, 4) is 0 Å². The van der Waals surface area contributed by atoms with E-state index in [1.165, 1.54) is 0 Å². The minimum absolute atomic E-state index is 0.00703. The maximum Gasteiger partial charge on any atom is 0.227 e. The highest BCUT2D eigenvalue weighted by Crippen LogP contribution is 2.39. The summed E-state index contributed by atoms with van der Waals surface area (Å²) in [7, 11) is 0. The van der Waals surface area contributed by atoms with E-state index in [1.54, 1.807) is 0 Å². The number of carbonyl (C=O) groups is 2. The number of hydrogen-bond donors (Lipinski definition) is 3. The minimum atomic E-state index is -0.354. The zero-order chi connectivity index (χ0) is 13.6. The molecule has 0 radical (unpaired) electrons. The van der Waals surface area contributed by atoms with Crippen LogP contribution in [0.4, 0.5) is 0 Å². The largest absolute Gasteiger partial charge is 0.355 e. The molecule has 2 amide bonds. The molecular formula is C13H25N3O2. The summed E-state index contributed by atoms with van der Waals surface area (Å²) in [4.78, 5) is 23.4. The van der Waals surface area contributed by atoms with Crippen molar-refractivity contribution in [1.82, 2.24) is 10.6 Å². The van der Waals surface area contributed by atoms with Gasteiger partial charge < -0.3 is 16.4 Å². The van der Waals surface area contributed by atoms with Crippen molar-refractivity contribution >= 4 is 11.8 Å². The summed E-state index contributed by atoms with van der Waals surface area (Å²) < 4.78 is 0. The molecule has 1 saturated carbocycles. The van der Waals surface area contributed by atoms with Crippen molar-refractivity contribution in [2.45, 2.75) is 52.0 Å². The van der Waals surface area contributed by atoms with Gasteiger partial charge in [0.15, 0.2) is 0 Å². The van der Waals surface area contributed by atoms with Crippen molar-refractivity contribution in [3.05, 3.63) is 0 Å². The quantitative estimate of drug-likeness (QED) is 0.620. The molecule has 1 unspecified atom stereocenters. The lowest BCUT2D eigenvalue weighted by Gasteiger charge is -2.39. The van der Waals surface area contributed by atoms with Crippen LogP contribution in [0.25, 0.3) is 0 Å². The Morgan fingerprint density at radius 3 is 2.50 bits per heavy atom. The predicted octanol–water partition coefficient (Wildman–Crippen LogP) is 0.536. The third-order valence-corrected chi connectivity index (χ3v) is 3.84. The third-order valence-electron chi connectivity index (χ3n) is 3.84. The number of nitrogens with one attached hydrogen (secondary N) is 2. The van der Waals surface area contributed by atoms with Gasteiger partial charge in [0, 0.05) is 25.6 Å². The molecule has 0 spiro atoms. The summed E-state index contributed by atoms with van der Waals surface area (Å²) in [5.74, 6) is -0.00681. The van der Waals surface area contributed by atoms with Crippen molar-refractivity contribution in [1.29, 1.82) is 0 Å². The van der Waals surface area contributed by atoms with Crippen LogP contribution in [0, 0.1) is 5.41 Å². The molecule has 0 saturated heterocycles. The van der Waals surface area contributed by atoms with Crippen LogP contribution in [0.3, 0.4) is 0 Å². The van der Waals surface area contributed by atoms with Gasteiger partial charge in [-0.3, -0.25) is 9.59 Å². The number of nitrogens with two attached hydrogens (primary N) is 1. The second-order valence-electron chi connectivity index (χ2n) is 5.22. The molecule has 1 aliphatic carbocycles. The fourth-order valence-corrected chi connectivity index (χ4v) is 2.05. The van der Waals surface area contributed by atoms with E-state index in [9.17, 15) is 9.59 Å². The van der Waals surface area contributed by atoms with E-state index in [0.29, 0.717) is 19.5 Å². The molecule has 0 aromatic rings. The Labute approximate surface area is 109 Å². The van der Waals surface area contributed by atoms with E-state index < -0.39 is 0 Å². The lowest BCUT2D eigenvalue weighted by molar-refractivity contribution is -0.135. The maximum absolute atomic E-state index is 11.9. The second kappa shape index (κ2) is 6.73. The monoisotopic (exact) mass is 255 g/mol. The van der Waals surface area contributed by atoms with Crippen LogP contribution in [0.15, 0.2) is 0 Å². The van der Waals surface area contributed by atoms with Gasteiger partial charge in [-0.05, 0) is 26.2 Å². The molecule has 18 heavy (non-hydrogen) atoms. The van der Waals surface area contributed by atoms with Crippen LogP contribution in [-0.2, 0) is 9.59 Å². The lowest BCUT2D eigenvalue weighted by Crippen LogP contribution is -2.50. The lowest BCUT2D eigenvalue weighted by atomic mass is 9.68. The van der Waals surface area contributed by atoms with Gasteiger partial charge in [-0.15, -0.1) is 0 Å². The summed E-state index contributed by atoms with van der Waals surface area (Å²) in [5, 5.41) is 5.69. The van der Waals surface area contributed by atoms with Gasteiger partial charge in [0.1, 0.15) is 0 Å². The van der Waals surface area contributed by atoms with Crippen LogP contribution >= 0.6 is 0 Å². The highest BCUT2D eigenvalue weighted by Gasteiger charge is 2.42. The van der Waals surface area contributed by atoms with Crippen molar-refractivity contribution in [2.24, 2.45) is 11.1 Å². The Balaban J connectivity index is 2.21. The molecule has 0 aromatic carbocycles. The van der Waals surface area contributed by atoms with Gasteiger partial charge in [-0.1, -0.05) is 13.3 Å². The second-order valence-corrected chi connectivity index (χ2v) is 5.22. The van der Waals surface area contributed by atoms with Crippen LogP contribution in [-0.4, -0.2) is 30.9 Å². The SMILES string of the molecule is CCC(C)NC(=O)CCNC(=O)C1(CN)CCC1. The van der Waals surface area contributed by atoms with Gasteiger partial charge >= 0.3 is 0 Å². The molecule has 1 fully saturated rings. The van der Waals surface area contributed by atoms with Crippen LogP contribution in [0.5, 0.6) is 0 Å². The fraction of sp³-hybridized carbons (Fsp3) is 0.846. The maximum atomic E-state index is 11.9. The summed E-state index contributed by atoms with van der Waals surface area (Å²) in [6, 6.07) is 0.190. The number of rotatable bonds is 7. The van der Waals surface area contributed by atoms with Crippen LogP contribution in [0.1, 0.15) is 46.0 Å². The molecule has 0 heterocycles. The Morgan fingerprint density at radius 1 is 1.39 bits per heavy atom. The molecule has 5 nitrogen and oxygen atoms in total. The average molecular weight is 255 g/mol. The van der Waals surface area contributed by atoms with Gasteiger partial charge in [0.05, 0.1) is 5.41 Å². The molecular weight excluding hydrogens is 230 g/mol. The third kappa shape index (κ3) is 3.70. The van der Waals surface area contributed by atoms with E-state index >= 15 is 0 Å². The molecule has 1 rings (SSSR count). The number of hydrogen-bond acceptors (Lipinski definition) is 3. The molecule has 104 valence electrons. The molecule has 4 N–H and O–H groups in total. The molecule has 0 aromatic heterocycles. The van der Waals surface area contributed by atoms with Crippen molar-refractivity contribution in [3.63, 3.8) is 0 Å². The standard InChI is InChI=1S/C13H25N3O2/c1-3-10(2)16-11(17)5-8-15-12(18)13(9-14)6-4-7-13/h10H,3-9,14H2,1-2H3,(H,15,18)(H,16,17). The van der Waals surface area contributed by atoms with Crippen LogP contribution < -0.4 is 16.4 Å². The Bertz CT molecular complexity index is 295. The van der Waals surface area contributed by atoms with Gasteiger partial charge in [-0.25, -0.2) is 0 Å². The molecule has 0 aliphatic heterocycles. The smallest absolute Gasteiger partial charge is 0.227 e. The van der Waals surface area contributed by atoms with E-state index in [0.717, 1.165) is 25.7 Å². The normalized spacial score (nSPS) is 18.6. The highest BCUT2D eigenvalue weighted by molar-refractivity contribution is 5.84. The fourth-order valence-electron chi connectivity index (χ4n) is 2.05. The first-order chi connectivity index (χ1) is 8.54. The first kappa shape index (κ1) is 15.0. The van der Waals surface area contributed by atoms with Crippen LogP contribution in [0.2, 0.25) is 0 Å². The number of carbonyl (C=O) groups excluding carboxylic acids is 2. The topological polar surface area (TPSA) is 84.2 Å². The van der Waals surface area contributed by atoms with E-state index in [-0.39, 0.29) is 23.3 Å². The Hall–Kier alpha value is -1.10. The molecule has 0 bridgehead atoms. The summed E-state index contributed by atoms with van der Waals surface area (Å²) in [6.45, 7) is 4.78. The zero-order valence-electron chi connectivity index (χ0n) is 11.4. The number of amides is 2. The van der Waals surface area contributed by atoms with Gasteiger partial charge in [0.25, 0.3) is 0 Å². The zero-order valence-corrected chi connectivity index (χ0v) is 11.4. The van der Waals surface area contributed by atoms with E-state index in [1.807, 2.05) is 13.8 Å². The summed E-state index contributed by atoms with van der Waals surface area (Å²) in [6.07, 6.45) is 4.05. The van der Waals surface area contributed by atoms with E-state index in [4.69, 9.17) is 5.73 Å². The summed E-state index contributed by atoms with van der Waals surface area (Å²) in [5.41, 5.74) is 5.29. The first-order valence-corrected chi connectivity index (χ1v) is 6.82. The van der Waals surface area contributed by atoms with Crippen molar-refractivity contribution in [2.75, 3.05) is 13.1 Å². The van der Waals surface area contributed by atoms with E-state index in [2.05, 4.69) is 10.6 Å². The predicted molar refractivity (Wildman–Crippen MR) is 70.9 cm³/mol. The first-order valence-electron chi connectivity index (χ1n) is 6.82. The minimum Gasteiger partial charge on any atom is -0.355 e. The Kier molecular flexibility index (Phi) is 5.59. The molecule has 5 heteroatoms. The van der Waals surface area contributed by atoms with Gasteiger partial charge in [0.2, 0.25) is 11.8 Å². The molecule has 1 atom stereocenters. The highest BCUT2D eigenvalue weighted by atomic mass is 16.2. The average Bonchev–Trinajstić information content (AvgIpc) is 2.28. The van der Waals surface area contributed by atoms with Gasteiger partial charge in [-0.2, -0.15) is 0 Å². The summed E-state index contributed by atoms with van der Waals surface area (Å²) >= 11 is 0. The van der Waals surface area contributed by atoms with Crippen molar-refractivity contribution < 1.29 is 9.59 Å². The Morgan fingerprint density at radius 2 is 2.06 bits per heavy atom. The molecule has 1 aliphatic rings.